The van der Waals surface area contributed by atoms with Gasteiger partial charge in [-0.15, -0.1) is 0 Å². The molecule has 1 aliphatic rings. The Balaban J connectivity index is 2.16. The Morgan fingerprint density at radius 3 is 3.00 bits per heavy atom. The van der Waals surface area contributed by atoms with Crippen LogP contribution in [0.2, 0.25) is 0 Å². The molecule has 4 heteroatoms. The number of hydrogen-bond donors (Lipinski definition) is 2. The van der Waals surface area contributed by atoms with Crippen LogP contribution in [0.5, 0.6) is 5.75 Å². The molecule has 0 spiro atoms. The van der Waals surface area contributed by atoms with E-state index in [1.54, 1.807) is 7.11 Å². The maximum absolute atomic E-state index is 9.35. The Labute approximate surface area is 108 Å². The number of nitrogens with zero attached hydrogens (tertiary/aromatic N) is 1. The summed E-state index contributed by atoms with van der Waals surface area (Å²) in [6.07, 6.45) is 2.24. The second kappa shape index (κ2) is 6.18. The van der Waals surface area contributed by atoms with Gasteiger partial charge in [0.25, 0.3) is 0 Å². The van der Waals surface area contributed by atoms with Crippen LogP contribution < -0.4 is 10.5 Å². The molecule has 100 valence electrons. The van der Waals surface area contributed by atoms with Crippen molar-refractivity contribution in [3.8, 4) is 5.75 Å². The van der Waals surface area contributed by atoms with Crippen LogP contribution in [-0.2, 0) is 13.1 Å². The van der Waals surface area contributed by atoms with Crippen molar-refractivity contribution in [1.29, 1.82) is 0 Å². The van der Waals surface area contributed by atoms with Crippen LogP contribution in [0.4, 0.5) is 0 Å². The normalized spacial score (nSPS) is 20.3. The summed E-state index contributed by atoms with van der Waals surface area (Å²) in [4.78, 5) is 2.32. The van der Waals surface area contributed by atoms with Gasteiger partial charge in [0.15, 0.2) is 0 Å². The lowest BCUT2D eigenvalue weighted by molar-refractivity contribution is 0.152. The summed E-state index contributed by atoms with van der Waals surface area (Å²) in [6, 6.07) is 6.36. The van der Waals surface area contributed by atoms with Crippen molar-refractivity contribution in [3.63, 3.8) is 0 Å². The second-order valence-corrected chi connectivity index (χ2v) is 4.80. The van der Waals surface area contributed by atoms with Gasteiger partial charge in [0.05, 0.1) is 13.7 Å². The SMILES string of the molecule is COc1ccc(CN)cc1CN1CCCC1CO. The lowest BCUT2D eigenvalue weighted by atomic mass is 10.1. The highest BCUT2D eigenvalue weighted by Crippen LogP contribution is 2.25. The summed E-state index contributed by atoms with van der Waals surface area (Å²) >= 11 is 0. The molecule has 18 heavy (non-hydrogen) atoms. The third-order valence-corrected chi connectivity index (χ3v) is 3.66. The van der Waals surface area contributed by atoms with E-state index in [9.17, 15) is 5.11 Å². The highest BCUT2D eigenvalue weighted by molar-refractivity contribution is 5.37. The fourth-order valence-electron chi connectivity index (χ4n) is 2.61. The summed E-state index contributed by atoms with van der Waals surface area (Å²) in [5.74, 6) is 0.899. The van der Waals surface area contributed by atoms with Gasteiger partial charge in [0.2, 0.25) is 0 Å². The molecular formula is C14H22N2O2. The van der Waals surface area contributed by atoms with E-state index in [2.05, 4.69) is 11.0 Å². The number of benzene rings is 1. The van der Waals surface area contributed by atoms with Gasteiger partial charge in [0, 0.05) is 24.7 Å². The summed E-state index contributed by atoms with van der Waals surface area (Å²) in [7, 11) is 1.69. The Bertz CT molecular complexity index is 395. The van der Waals surface area contributed by atoms with Crippen molar-refractivity contribution >= 4 is 0 Å². The Morgan fingerprint density at radius 2 is 2.33 bits per heavy atom. The number of aliphatic hydroxyl groups excluding tert-OH is 1. The monoisotopic (exact) mass is 250 g/mol. The van der Waals surface area contributed by atoms with Gasteiger partial charge in [-0.3, -0.25) is 4.90 Å². The van der Waals surface area contributed by atoms with Crippen molar-refractivity contribution in [2.75, 3.05) is 20.3 Å². The Hall–Kier alpha value is -1.10. The van der Waals surface area contributed by atoms with Crippen molar-refractivity contribution in [2.45, 2.75) is 32.0 Å². The topological polar surface area (TPSA) is 58.7 Å². The van der Waals surface area contributed by atoms with E-state index >= 15 is 0 Å². The molecule has 1 heterocycles. The quantitative estimate of drug-likeness (QED) is 0.822. The van der Waals surface area contributed by atoms with Gasteiger partial charge in [0.1, 0.15) is 5.75 Å². The van der Waals surface area contributed by atoms with Crippen LogP contribution in [0, 0.1) is 0 Å². The van der Waals surface area contributed by atoms with Gasteiger partial charge in [-0.2, -0.15) is 0 Å². The molecule has 0 bridgehead atoms. The first-order valence-corrected chi connectivity index (χ1v) is 6.49. The van der Waals surface area contributed by atoms with Gasteiger partial charge >= 0.3 is 0 Å². The maximum atomic E-state index is 9.35. The highest BCUT2D eigenvalue weighted by Gasteiger charge is 2.24. The summed E-state index contributed by atoms with van der Waals surface area (Å²) in [6.45, 7) is 2.64. The lowest BCUT2D eigenvalue weighted by Crippen LogP contribution is -2.31. The maximum Gasteiger partial charge on any atom is 0.123 e. The third-order valence-electron chi connectivity index (χ3n) is 3.66. The van der Waals surface area contributed by atoms with Crippen molar-refractivity contribution in [1.82, 2.24) is 4.90 Å². The molecule has 0 amide bonds. The first-order chi connectivity index (χ1) is 8.78. The van der Waals surface area contributed by atoms with Gasteiger partial charge in [-0.1, -0.05) is 6.07 Å². The zero-order valence-corrected chi connectivity index (χ0v) is 10.9. The molecule has 1 aromatic rings. The average Bonchev–Trinajstić information content (AvgIpc) is 2.86. The van der Waals surface area contributed by atoms with E-state index in [0.29, 0.717) is 6.54 Å². The minimum Gasteiger partial charge on any atom is -0.496 e. The van der Waals surface area contributed by atoms with Gasteiger partial charge < -0.3 is 15.6 Å². The zero-order chi connectivity index (χ0) is 13.0. The second-order valence-electron chi connectivity index (χ2n) is 4.80. The fraction of sp³-hybridized carbons (Fsp3) is 0.571. The number of ether oxygens (including phenoxy) is 1. The number of methoxy groups -OCH3 is 1. The average molecular weight is 250 g/mol. The summed E-state index contributed by atoms with van der Waals surface area (Å²) in [5.41, 5.74) is 7.95. The largest absolute Gasteiger partial charge is 0.496 e. The molecule has 0 saturated carbocycles. The predicted molar refractivity (Wildman–Crippen MR) is 71.4 cm³/mol. The molecule has 2 rings (SSSR count). The molecule has 1 aliphatic heterocycles. The Kier molecular flexibility index (Phi) is 4.58. The van der Waals surface area contributed by atoms with E-state index in [1.165, 1.54) is 0 Å². The summed E-state index contributed by atoms with van der Waals surface area (Å²) < 4.78 is 5.39. The molecule has 1 fully saturated rings. The number of hydrogen-bond acceptors (Lipinski definition) is 4. The number of aliphatic hydroxyl groups is 1. The zero-order valence-electron chi connectivity index (χ0n) is 10.9. The first kappa shape index (κ1) is 13.3. The highest BCUT2D eigenvalue weighted by atomic mass is 16.5. The standard InChI is InChI=1S/C14H22N2O2/c1-18-14-5-4-11(8-15)7-12(14)9-16-6-2-3-13(16)10-17/h4-5,7,13,17H,2-3,6,8-10,15H2,1H3. The van der Waals surface area contributed by atoms with Crippen LogP contribution in [0.25, 0.3) is 0 Å². The van der Waals surface area contributed by atoms with Crippen LogP contribution in [0.1, 0.15) is 24.0 Å². The van der Waals surface area contributed by atoms with E-state index < -0.39 is 0 Å². The Morgan fingerprint density at radius 1 is 1.50 bits per heavy atom. The van der Waals surface area contributed by atoms with Crippen molar-refractivity contribution in [2.24, 2.45) is 5.73 Å². The molecule has 1 aromatic carbocycles. The molecule has 1 saturated heterocycles. The first-order valence-electron chi connectivity index (χ1n) is 6.49. The molecule has 1 atom stereocenters. The van der Waals surface area contributed by atoms with Crippen LogP contribution >= 0.6 is 0 Å². The van der Waals surface area contributed by atoms with Crippen molar-refractivity contribution in [3.05, 3.63) is 29.3 Å². The van der Waals surface area contributed by atoms with Crippen LogP contribution in [-0.4, -0.2) is 36.3 Å². The minimum absolute atomic E-state index is 0.235. The van der Waals surface area contributed by atoms with Gasteiger partial charge in [-0.25, -0.2) is 0 Å². The molecule has 0 aromatic heterocycles. The van der Waals surface area contributed by atoms with Crippen molar-refractivity contribution < 1.29 is 9.84 Å². The third kappa shape index (κ3) is 2.83. The minimum atomic E-state index is 0.235. The van der Waals surface area contributed by atoms with Crippen LogP contribution in [0.3, 0.4) is 0 Å². The van der Waals surface area contributed by atoms with E-state index in [0.717, 1.165) is 42.8 Å². The number of likely N-dealkylation sites (tertiary alicyclic amines) is 1. The number of nitrogens with two attached hydrogens (primary N) is 1. The summed E-state index contributed by atoms with van der Waals surface area (Å²) in [5, 5.41) is 9.35. The lowest BCUT2D eigenvalue weighted by Gasteiger charge is -2.23. The predicted octanol–water partition coefficient (Wildman–Crippen LogP) is 1.11. The molecule has 3 N–H and O–H groups in total. The molecule has 0 aliphatic carbocycles. The number of rotatable bonds is 5. The smallest absolute Gasteiger partial charge is 0.123 e. The molecular weight excluding hydrogens is 228 g/mol. The fourth-order valence-corrected chi connectivity index (χ4v) is 2.61. The van der Waals surface area contributed by atoms with Gasteiger partial charge in [-0.05, 0) is 37.1 Å². The van der Waals surface area contributed by atoms with Crippen LogP contribution in [0.15, 0.2) is 18.2 Å². The van der Waals surface area contributed by atoms with E-state index in [1.807, 2.05) is 12.1 Å². The molecule has 4 nitrogen and oxygen atoms in total. The van der Waals surface area contributed by atoms with E-state index in [4.69, 9.17) is 10.5 Å². The van der Waals surface area contributed by atoms with E-state index in [-0.39, 0.29) is 12.6 Å². The molecule has 1 unspecified atom stereocenters. The molecule has 0 radical (unpaired) electrons.